The summed E-state index contributed by atoms with van der Waals surface area (Å²) in [6.07, 6.45) is 3.81. The van der Waals surface area contributed by atoms with Gasteiger partial charge in [0.1, 0.15) is 0 Å². The van der Waals surface area contributed by atoms with Crippen LogP contribution >= 0.6 is 0 Å². The first kappa shape index (κ1) is 22.9. The molecule has 2 aromatic rings. The molecule has 0 radical (unpaired) electrons. The van der Waals surface area contributed by atoms with Gasteiger partial charge in [-0.1, -0.05) is 50.2 Å². The number of carbonyl (C=O) groups is 1. The van der Waals surface area contributed by atoms with E-state index < -0.39 is 10.0 Å². The third kappa shape index (κ3) is 6.89. The first-order chi connectivity index (χ1) is 13.7. The first-order valence-electron chi connectivity index (χ1n) is 10.2. The van der Waals surface area contributed by atoms with E-state index in [4.69, 9.17) is 0 Å². The van der Waals surface area contributed by atoms with Crippen LogP contribution in [0.25, 0.3) is 0 Å². The molecular formula is C23H32N2O3S. The van der Waals surface area contributed by atoms with E-state index in [1.54, 1.807) is 0 Å². The highest BCUT2D eigenvalue weighted by Gasteiger charge is 2.18. The van der Waals surface area contributed by atoms with Crippen LogP contribution in [0, 0.1) is 0 Å². The summed E-state index contributed by atoms with van der Waals surface area (Å²) in [4.78, 5) is 12.3. The second-order valence-corrected chi connectivity index (χ2v) is 9.25. The van der Waals surface area contributed by atoms with Gasteiger partial charge in [0.2, 0.25) is 15.9 Å². The van der Waals surface area contributed by atoms with Crippen molar-refractivity contribution in [1.29, 1.82) is 0 Å². The highest BCUT2D eigenvalue weighted by Crippen LogP contribution is 2.20. The summed E-state index contributed by atoms with van der Waals surface area (Å²) in [7, 11) is -3.41. The largest absolute Gasteiger partial charge is 0.350 e. The zero-order valence-corrected chi connectivity index (χ0v) is 18.6. The number of aryl methyl sites for hydroxylation is 2. The van der Waals surface area contributed by atoms with Crippen LogP contribution in [0.15, 0.2) is 48.5 Å². The number of hydrogen-bond donors (Lipinski definition) is 1. The van der Waals surface area contributed by atoms with Crippen molar-refractivity contribution < 1.29 is 13.2 Å². The Kier molecular flexibility index (Phi) is 8.26. The molecule has 0 aliphatic rings. The van der Waals surface area contributed by atoms with E-state index in [1.807, 2.05) is 43.3 Å². The summed E-state index contributed by atoms with van der Waals surface area (Å²) >= 11 is 0. The number of benzene rings is 2. The number of nitrogens with one attached hydrogen (secondary N) is 1. The number of nitrogens with zero attached hydrogens (tertiary/aromatic N) is 1. The Bertz CT molecular complexity index is 891. The van der Waals surface area contributed by atoms with Crippen LogP contribution in [0.2, 0.25) is 0 Å². The minimum Gasteiger partial charge on any atom is -0.350 e. The summed E-state index contributed by atoms with van der Waals surface area (Å²) in [5.74, 6) is -0.0770. The third-order valence-corrected chi connectivity index (χ3v) is 6.26. The Morgan fingerprint density at radius 3 is 1.97 bits per heavy atom. The smallest absolute Gasteiger partial charge is 0.232 e. The van der Waals surface area contributed by atoms with Gasteiger partial charge < -0.3 is 5.32 Å². The molecule has 158 valence electrons. The van der Waals surface area contributed by atoms with Crippen molar-refractivity contribution in [2.45, 2.75) is 52.5 Å². The summed E-state index contributed by atoms with van der Waals surface area (Å²) in [5, 5.41) is 2.99. The lowest BCUT2D eigenvalue weighted by molar-refractivity contribution is -0.121. The zero-order valence-electron chi connectivity index (χ0n) is 17.8. The van der Waals surface area contributed by atoms with Crippen LogP contribution in [0.5, 0.6) is 0 Å². The van der Waals surface area contributed by atoms with Crippen molar-refractivity contribution in [2.75, 3.05) is 17.1 Å². The Labute approximate surface area is 175 Å². The maximum atomic E-state index is 12.3. The molecule has 0 spiro atoms. The summed E-state index contributed by atoms with van der Waals surface area (Å²) in [6.45, 7) is 6.40. The SMILES string of the molecule is CCc1ccc([C@@H](C)NC(=O)CCCN(c2ccc(CC)cc2)S(C)(=O)=O)cc1. The summed E-state index contributed by atoms with van der Waals surface area (Å²) in [6, 6.07) is 15.7. The molecular weight excluding hydrogens is 384 g/mol. The maximum Gasteiger partial charge on any atom is 0.232 e. The van der Waals surface area contributed by atoms with E-state index >= 15 is 0 Å². The average molecular weight is 417 g/mol. The Morgan fingerprint density at radius 1 is 0.966 bits per heavy atom. The summed E-state index contributed by atoms with van der Waals surface area (Å²) in [5.41, 5.74) is 4.11. The molecule has 0 fully saturated rings. The molecule has 1 amide bonds. The standard InChI is InChI=1S/C23H32N2O3S/c1-5-19-9-13-21(14-10-19)18(3)24-23(26)8-7-17-25(29(4,27)28)22-15-11-20(6-2)12-16-22/h9-16,18H,5-8,17H2,1-4H3,(H,24,26)/t18-/m1/s1. The Morgan fingerprint density at radius 2 is 1.48 bits per heavy atom. The van der Waals surface area contributed by atoms with E-state index in [9.17, 15) is 13.2 Å². The molecule has 2 aromatic carbocycles. The predicted octanol–water partition coefficient (Wildman–Crippen LogP) is 4.24. The second kappa shape index (κ2) is 10.4. The van der Waals surface area contributed by atoms with E-state index in [0.717, 1.165) is 24.0 Å². The molecule has 5 nitrogen and oxygen atoms in total. The molecule has 0 aliphatic heterocycles. The molecule has 0 heterocycles. The van der Waals surface area contributed by atoms with Gasteiger partial charge in [-0.2, -0.15) is 0 Å². The van der Waals surface area contributed by atoms with Gasteiger partial charge in [-0.15, -0.1) is 0 Å². The van der Waals surface area contributed by atoms with Gasteiger partial charge in [0.25, 0.3) is 0 Å². The Balaban J connectivity index is 1.91. The third-order valence-electron chi connectivity index (χ3n) is 5.06. The molecule has 1 N–H and O–H groups in total. The molecule has 6 heteroatoms. The van der Waals surface area contributed by atoms with Gasteiger partial charge in [0, 0.05) is 13.0 Å². The minimum atomic E-state index is -3.41. The number of hydrogen-bond acceptors (Lipinski definition) is 3. The van der Waals surface area contributed by atoms with Crippen LogP contribution in [-0.4, -0.2) is 27.1 Å². The van der Waals surface area contributed by atoms with Gasteiger partial charge in [-0.05, 0) is 55.0 Å². The second-order valence-electron chi connectivity index (χ2n) is 7.34. The molecule has 0 saturated carbocycles. The fourth-order valence-corrected chi connectivity index (χ4v) is 4.17. The molecule has 29 heavy (non-hydrogen) atoms. The molecule has 0 unspecified atom stereocenters. The number of carbonyl (C=O) groups excluding carboxylic acids is 1. The molecule has 0 saturated heterocycles. The summed E-state index contributed by atoms with van der Waals surface area (Å²) < 4.78 is 25.8. The monoisotopic (exact) mass is 416 g/mol. The van der Waals surface area contributed by atoms with Crippen molar-refractivity contribution in [3.05, 3.63) is 65.2 Å². The molecule has 0 aromatic heterocycles. The lowest BCUT2D eigenvalue weighted by Crippen LogP contribution is -2.32. The maximum absolute atomic E-state index is 12.3. The predicted molar refractivity (Wildman–Crippen MR) is 120 cm³/mol. The van der Waals surface area contributed by atoms with E-state index in [1.165, 1.54) is 16.1 Å². The number of sulfonamides is 1. The van der Waals surface area contributed by atoms with Crippen molar-refractivity contribution in [3.8, 4) is 0 Å². The normalized spacial score (nSPS) is 12.4. The van der Waals surface area contributed by atoms with Crippen molar-refractivity contribution in [2.24, 2.45) is 0 Å². The van der Waals surface area contributed by atoms with E-state index in [2.05, 4.69) is 31.3 Å². The molecule has 1 atom stereocenters. The number of rotatable bonds is 10. The fraction of sp³-hybridized carbons (Fsp3) is 0.435. The molecule has 0 aliphatic carbocycles. The number of amides is 1. The highest BCUT2D eigenvalue weighted by atomic mass is 32.2. The average Bonchev–Trinajstić information content (AvgIpc) is 2.70. The molecule has 0 bridgehead atoms. The van der Waals surface area contributed by atoms with Gasteiger partial charge in [0.05, 0.1) is 18.0 Å². The van der Waals surface area contributed by atoms with Gasteiger partial charge in [-0.25, -0.2) is 8.42 Å². The van der Waals surface area contributed by atoms with Gasteiger partial charge in [-0.3, -0.25) is 9.10 Å². The van der Waals surface area contributed by atoms with Gasteiger partial charge in [0.15, 0.2) is 0 Å². The van der Waals surface area contributed by atoms with Crippen LogP contribution in [0.4, 0.5) is 5.69 Å². The molecule has 2 rings (SSSR count). The van der Waals surface area contributed by atoms with Crippen LogP contribution < -0.4 is 9.62 Å². The topological polar surface area (TPSA) is 66.5 Å². The Hall–Kier alpha value is -2.34. The lowest BCUT2D eigenvalue weighted by atomic mass is 10.0. The van der Waals surface area contributed by atoms with Crippen molar-refractivity contribution in [3.63, 3.8) is 0 Å². The van der Waals surface area contributed by atoms with Crippen molar-refractivity contribution >= 4 is 21.6 Å². The van der Waals surface area contributed by atoms with Crippen LogP contribution in [0.3, 0.4) is 0 Å². The van der Waals surface area contributed by atoms with Crippen LogP contribution in [0.1, 0.15) is 56.3 Å². The number of anilines is 1. The van der Waals surface area contributed by atoms with E-state index in [-0.39, 0.29) is 24.9 Å². The fourth-order valence-electron chi connectivity index (χ4n) is 3.21. The van der Waals surface area contributed by atoms with E-state index in [0.29, 0.717) is 12.1 Å². The quantitative estimate of drug-likeness (QED) is 0.630. The first-order valence-corrected chi connectivity index (χ1v) is 12.0. The highest BCUT2D eigenvalue weighted by molar-refractivity contribution is 7.92. The van der Waals surface area contributed by atoms with Gasteiger partial charge >= 0.3 is 0 Å². The van der Waals surface area contributed by atoms with Crippen molar-refractivity contribution in [1.82, 2.24) is 5.32 Å². The lowest BCUT2D eigenvalue weighted by Gasteiger charge is -2.23. The van der Waals surface area contributed by atoms with Crippen LogP contribution in [-0.2, 0) is 27.7 Å². The minimum absolute atomic E-state index is 0.0770. The zero-order chi connectivity index (χ0) is 21.4.